The number of aryl methyl sites for hydroxylation is 1. The number of ether oxygens (including phenoxy) is 2. The van der Waals surface area contributed by atoms with Crippen molar-refractivity contribution in [2.45, 2.75) is 70.2 Å². The first-order valence-electron chi connectivity index (χ1n) is 8.94. The van der Waals surface area contributed by atoms with Gasteiger partial charge in [0.2, 0.25) is 0 Å². The van der Waals surface area contributed by atoms with Gasteiger partial charge >= 0.3 is 6.09 Å². The van der Waals surface area contributed by atoms with E-state index in [4.69, 9.17) is 13.7 Å². The van der Waals surface area contributed by atoms with E-state index in [2.05, 4.69) is 0 Å². The van der Waals surface area contributed by atoms with Crippen LogP contribution in [0.3, 0.4) is 0 Å². The number of carbonyl (C=O) groups is 1. The molecule has 1 aliphatic heterocycles. The van der Waals surface area contributed by atoms with E-state index in [0.29, 0.717) is 13.0 Å². The summed E-state index contributed by atoms with van der Waals surface area (Å²) < 4.78 is 40.9. The third-order valence-electron chi connectivity index (χ3n) is 4.16. The topological polar surface area (TPSA) is 82.1 Å². The van der Waals surface area contributed by atoms with Crippen LogP contribution >= 0.6 is 0 Å². The van der Waals surface area contributed by atoms with E-state index in [9.17, 15) is 13.2 Å². The predicted molar refractivity (Wildman–Crippen MR) is 101 cm³/mol. The van der Waals surface area contributed by atoms with E-state index >= 15 is 0 Å². The molecule has 152 valence electrons. The Morgan fingerprint density at radius 3 is 2.41 bits per heavy atom. The van der Waals surface area contributed by atoms with Crippen molar-refractivity contribution in [1.82, 2.24) is 4.90 Å². The number of benzene rings is 1. The van der Waals surface area contributed by atoms with Gasteiger partial charge in [-0.2, -0.15) is 8.42 Å². The molecule has 0 aliphatic carbocycles. The van der Waals surface area contributed by atoms with E-state index in [1.807, 2.05) is 6.92 Å². The van der Waals surface area contributed by atoms with Gasteiger partial charge in [-0.3, -0.25) is 9.08 Å². The van der Waals surface area contributed by atoms with Crippen LogP contribution in [-0.4, -0.2) is 50.0 Å². The van der Waals surface area contributed by atoms with Crippen molar-refractivity contribution < 1.29 is 26.9 Å². The van der Waals surface area contributed by atoms with Gasteiger partial charge in [0, 0.05) is 0 Å². The number of nitrogens with zero attached hydrogens (tertiary/aromatic N) is 1. The van der Waals surface area contributed by atoms with Crippen LogP contribution in [0.4, 0.5) is 4.79 Å². The fraction of sp³-hybridized carbons (Fsp3) is 0.632. The van der Waals surface area contributed by atoms with Crippen molar-refractivity contribution in [1.29, 1.82) is 0 Å². The molecule has 1 amide bonds. The average molecular weight is 400 g/mol. The molecule has 2 rings (SSSR count). The van der Waals surface area contributed by atoms with Crippen LogP contribution in [0.15, 0.2) is 29.2 Å². The zero-order valence-electron chi connectivity index (χ0n) is 16.8. The summed E-state index contributed by atoms with van der Waals surface area (Å²) in [5, 5.41) is 0. The molecule has 0 bridgehead atoms. The zero-order valence-corrected chi connectivity index (χ0v) is 17.6. The van der Waals surface area contributed by atoms with Crippen LogP contribution in [0.2, 0.25) is 0 Å². The first-order chi connectivity index (χ1) is 12.3. The summed E-state index contributed by atoms with van der Waals surface area (Å²) in [4.78, 5) is 14.2. The third kappa shape index (κ3) is 5.67. The molecule has 7 nitrogen and oxygen atoms in total. The van der Waals surface area contributed by atoms with Crippen LogP contribution < -0.4 is 0 Å². The van der Waals surface area contributed by atoms with E-state index in [1.54, 1.807) is 46.8 Å². The molecule has 1 atom stereocenters. The summed E-state index contributed by atoms with van der Waals surface area (Å²) in [7, 11) is -3.84. The van der Waals surface area contributed by atoms with Crippen LogP contribution in [0.5, 0.6) is 0 Å². The lowest BCUT2D eigenvalue weighted by molar-refractivity contribution is -0.0628. The van der Waals surface area contributed by atoms with Crippen molar-refractivity contribution in [3.05, 3.63) is 29.8 Å². The first-order valence-corrected chi connectivity index (χ1v) is 10.3. The van der Waals surface area contributed by atoms with Gasteiger partial charge in [-0.05, 0) is 60.1 Å². The molecule has 0 N–H and O–H groups in total. The molecule has 1 aromatic carbocycles. The van der Waals surface area contributed by atoms with Gasteiger partial charge in [-0.25, -0.2) is 4.79 Å². The Morgan fingerprint density at radius 2 is 1.85 bits per heavy atom. The molecule has 1 aromatic rings. The molecule has 1 fully saturated rings. The fourth-order valence-corrected chi connectivity index (χ4v) is 3.76. The fourth-order valence-electron chi connectivity index (χ4n) is 2.84. The lowest BCUT2D eigenvalue weighted by atomic mass is 10.1. The molecule has 1 aliphatic rings. The van der Waals surface area contributed by atoms with Gasteiger partial charge in [0.1, 0.15) is 11.3 Å². The minimum absolute atomic E-state index is 0.0559. The molecule has 27 heavy (non-hydrogen) atoms. The second kappa shape index (κ2) is 7.77. The molecule has 1 heterocycles. The van der Waals surface area contributed by atoms with Gasteiger partial charge in [-0.15, -0.1) is 0 Å². The van der Waals surface area contributed by atoms with E-state index in [0.717, 1.165) is 5.56 Å². The molecule has 0 radical (unpaired) electrons. The summed E-state index contributed by atoms with van der Waals surface area (Å²) in [6, 6.07) is 6.13. The highest BCUT2D eigenvalue weighted by molar-refractivity contribution is 7.86. The molecule has 0 saturated carbocycles. The van der Waals surface area contributed by atoms with Crippen molar-refractivity contribution in [2.24, 2.45) is 0 Å². The van der Waals surface area contributed by atoms with E-state index < -0.39 is 27.5 Å². The van der Waals surface area contributed by atoms with E-state index in [1.165, 1.54) is 17.0 Å². The standard InChI is InChI=1S/C19H29NO6S/c1-14-7-9-16(10-8-14)27(22,23)25-12-11-15-13-24-19(5,6)20(15)17(21)26-18(2,3)4/h7-10,15H,11-13H2,1-6H3/t15-/m0/s1. The highest BCUT2D eigenvalue weighted by Crippen LogP contribution is 2.31. The Kier molecular flexibility index (Phi) is 6.23. The van der Waals surface area contributed by atoms with Gasteiger partial charge in [0.15, 0.2) is 0 Å². The quantitative estimate of drug-likeness (QED) is 0.705. The Labute approximate surface area is 161 Å². The minimum Gasteiger partial charge on any atom is -0.444 e. The van der Waals surface area contributed by atoms with Crippen molar-refractivity contribution in [3.8, 4) is 0 Å². The van der Waals surface area contributed by atoms with Crippen molar-refractivity contribution in [2.75, 3.05) is 13.2 Å². The van der Waals surface area contributed by atoms with Gasteiger partial charge in [0.05, 0.1) is 24.2 Å². The van der Waals surface area contributed by atoms with Gasteiger partial charge in [-0.1, -0.05) is 17.7 Å². The summed E-state index contributed by atoms with van der Waals surface area (Å²) >= 11 is 0. The minimum atomic E-state index is -3.84. The van der Waals surface area contributed by atoms with Crippen LogP contribution in [-0.2, 0) is 23.8 Å². The SMILES string of the molecule is Cc1ccc(S(=O)(=O)OCC[C@H]2COC(C)(C)N2C(=O)OC(C)(C)C)cc1. The normalized spacial score (nSPS) is 19.9. The Hall–Kier alpha value is -1.64. The Bertz CT molecular complexity index is 764. The monoisotopic (exact) mass is 399 g/mol. The second-order valence-corrected chi connectivity index (χ2v) is 9.76. The summed E-state index contributed by atoms with van der Waals surface area (Å²) in [5.41, 5.74) is -0.499. The number of rotatable bonds is 5. The molecular formula is C19H29NO6S. The largest absolute Gasteiger partial charge is 0.444 e. The van der Waals surface area contributed by atoms with Crippen molar-refractivity contribution in [3.63, 3.8) is 0 Å². The Balaban J connectivity index is 2.01. The third-order valence-corrected chi connectivity index (χ3v) is 5.49. The number of hydrogen-bond acceptors (Lipinski definition) is 6. The van der Waals surface area contributed by atoms with Crippen LogP contribution in [0.25, 0.3) is 0 Å². The zero-order chi connectivity index (χ0) is 20.5. The van der Waals surface area contributed by atoms with Gasteiger partial charge in [0.25, 0.3) is 10.1 Å². The smallest absolute Gasteiger partial charge is 0.412 e. The molecule has 1 saturated heterocycles. The highest BCUT2D eigenvalue weighted by Gasteiger charge is 2.45. The Morgan fingerprint density at radius 1 is 1.26 bits per heavy atom. The summed E-state index contributed by atoms with van der Waals surface area (Å²) in [6.07, 6.45) is -0.176. The van der Waals surface area contributed by atoms with Crippen LogP contribution in [0.1, 0.15) is 46.6 Å². The van der Waals surface area contributed by atoms with Gasteiger partial charge < -0.3 is 9.47 Å². The molecule has 0 spiro atoms. The predicted octanol–water partition coefficient (Wildman–Crippen LogP) is 3.46. The highest BCUT2D eigenvalue weighted by atomic mass is 32.2. The average Bonchev–Trinajstić information content (AvgIpc) is 2.80. The van der Waals surface area contributed by atoms with Crippen molar-refractivity contribution >= 4 is 16.2 Å². The molecular weight excluding hydrogens is 370 g/mol. The lowest BCUT2D eigenvalue weighted by Gasteiger charge is -2.35. The molecule has 0 unspecified atom stereocenters. The maximum atomic E-state index is 12.6. The summed E-state index contributed by atoms with van der Waals surface area (Å²) in [5.74, 6) is 0. The maximum absolute atomic E-state index is 12.6. The maximum Gasteiger partial charge on any atom is 0.412 e. The number of carbonyl (C=O) groups excluding carboxylic acids is 1. The summed E-state index contributed by atoms with van der Waals surface area (Å²) in [6.45, 7) is 11.1. The number of amides is 1. The van der Waals surface area contributed by atoms with E-state index in [-0.39, 0.29) is 17.5 Å². The first kappa shape index (κ1) is 21.7. The molecule has 0 aromatic heterocycles. The second-order valence-electron chi connectivity index (χ2n) is 8.14. The molecule has 8 heteroatoms. The number of hydrogen-bond donors (Lipinski definition) is 0. The van der Waals surface area contributed by atoms with Crippen LogP contribution in [0, 0.1) is 6.92 Å². The lowest BCUT2D eigenvalue weighted by Crippen LogP contribution is -2.50.